The summed E-state index contributed by atoms with van der Waals surface area (Å²) in [4.78, 5) is 0. The molecule has 0 aliphatic rings. The van der Waals surface area contributed by atoms with Gasteiger partial charge in [0.2, 0.25) is 0 Å². The van der Waals surface area contributed by atoms with E-state index in [1.807, 2.05) is 0 Å². The van der Waals surface area contributed by atoms with Crippen LogP contribution in [-0.4, -0.2) is 12.2 Å². The molecule has 92 valence electrons. The third-order valence-electron chi connectivity index (χ3n) is 2.34. The van der Waals surface area contributed by atoms with Gasteiger partial charge in [-0.05, 0) is 31.6 Å². The SMILES string of the molecule is CC(C)CCC(CCCC(F)(F)F)NN. The number of rotatable bonds is 7. The van der Waals surface area contributed by atoms with Crippen LogP contribution in [0.1, 0.15) is 46.0 Å². The summed E-state index contributed by atoms with van der Waals surface area (Å²) in [5.74, 6) is 5.84. The molecule has 1 unspecified atom stereocenters. The summed E-state index contributed by atoms with van der Waals surface area (Å²) in [6.45, 7) is 4.17. The minimum atomic E-state index is -4.04. The van der Waals surface area contributed by atoms with Crippen LogP contribution < -0.4 is 11.3 Å². The first-order chi connectivity index (χ1) is 6.85. The summed E-state index contributed by atoms with van der Waals surface area (Å²) < 4.78 is 35.6. The first-order valence-corrected chi connectivity index (χ1v) is 5.38. The van der Waals surface area contributed by atoms with Crippen molar-refractivity contribution in [3.8, 4) is 0 Å². The second-order valence-electron chi connectivity index (χ2n) is 4.34. The van der Waals surface area contributed by atoms with Gasteiger partial charge in [-0.25, -0.2) is 0 Å². The zero-order chi connectivity index (χ0) is 11.9. The van der Waals surface area contributed by atoms with Crippen LogP contribution in [0.2, 0.25) is 0 Å². The fraction of sp³-hybridized carbons (Fsp3) is 1.00. The molecular formula is C10H21F3N2. The Labute approximate surface area is 89.4 Å². The molecule has 0 saturated heterocycles. The predicted octanol–water partition coefficient (Wildman–Crippen LogP) is 2.99. The lowest BCUT2D eigenvalue weighted by molar-refractivity contribution is -0.135. The fourth-order valence-electron chi connectivity index (χ4n) is 1.39. The molecule has 2 nitrogen and oxygen atoms in total. The van der Waals surface area contributed by atoms with Gasteiger partial charge in [-0.2, -0.15) is 13.2 Å². The number of alkyl halides is 3. The molecule has 0 spiro atoms. The van der Waals surface area contributed by atoms with Crippen LogP contribution in [0.25, 0.3) is 0 Å². The van der Waals surface area contributed by atoms with Crippen LogP contribution >= 0.6 is 0 Å². The Morgan fingerprint density at radius 1 is 1.13 bits per heavy atom. The quantitative estimate of drug-likeness (QED) is 0.517. The standard InChI is InChI=1S/C10H21F3N2/c1-8(2)5-6-9(15-14)4-3-7-10(11,12)13/h8-9,15H,3-7,14H2,1-2H3. The average Bonchev–Trinajstić information content (AvgIpc) is 2.08. The number of hydrazine groups is 1. The smallest absolute Gasteiger partial charge is 0.271 e. The first kappa shape index (κ1) is 14.7. The summed E-state index contributed by atoms with van der Waals surface area (Å²) in [5.41, 5.74) is 2.58. The van der Waals surface area contributed by atoms with Crippen LogP contribution in [0.15, 0.2) is 0 Å². The van der Waals surface area contributed by atoms with Crippen LogP contribution in [0.5, 0.6) is 0 Å². The van der Waals surface area contributed by atoms with Gasteiger partial charge in [0.1, 0.15) is 0 Å². The molecule has 0 aliphatic heterocycles. The topological polar surface area (TPSA) is 38.0 Å². The number of hydrogen-bond acceptors (Lipinski definition) is 2. The van der Waals surface area contributed by atoms with Gasteiger partial charge in [0.05, 0.1) is 0 Å². The summed E-state index contributed by atoms with van der Waals surface area (Å²) in [5, 5.41) is 0. The highest BCUT2D eigenvalue weighted by Gasteiger charge is 2.26. The summed E-state index contributed by atoms with van der Waals surface area (Å²) in [6, 6.07) is 0.00903. The maximum atomic E-state index is 11.9. The first-order valence-electron chi connectivity index (χ1n) is 5.38. The van der Waals surface area contributed by atoms with E-state index in [-0.39, 0.29) is 12.5 Å². The molecule has 0 aromatic heterocycles. The van der Waals surface area contributed by atoms with Crippen LogP contribution in [0.3, 0.4) is 0 Å². The van der Waals surface area contributed by atoms with Crippen molar-refractivity contribution in [3.05, 3.63) is 0 Å². The molecule has 0 bridgehead atoms. The molecule has 0 aliphatic carbocycles. The minimum Gasteiger partial charge on any atom is -0.271 e. The Balaban J connectivity index is 3.62. The highest BCUT2D eigenvalue weighted by Crippen LogP contribution is 2.23. The Morgan fingerprint density at radius 3 is 2.13 bits per heavy atom. The molecule has 0 rings (SSSR count). The zero-order valence-corrected chi connectivity index (χ0v) is 9.40. The van der Waals surface area contributed by atoms with E-state index in [0.717, 1.165) is 12.8 Å². The molecule has 15 heavy (non-hydrogen) atoms. The van der Waals surface area contributed by atoms with E-state index in [0.29, 0.717) is 12.3 Å². The van der Waals surface area contributed by atoms with Gasteiger partial charge in [-0.3, -0.25) is 11.3 Å². The maximum absolute atomic E-state index is 11.9. The number of nitrogens with two attached hydrogens (primary N) is 1. The lowest BCUT2D eigenvalue weighted by Crippen LogP contribution is -2.35. The van der Waals surface area contributed by atoms with E-state index in [1.54, 1.807) is 0 Å². The van der Waals surface area contributed by atoms with Crippen molar-refractivity contribution >= 4 is 0 Å². The predicted molar refractivity (Wildman–Crippen MR) is 55.1 cm³/mol. The van der Waals surface area contributed by atoms with E-state index in [4.69, 9.17) is 5.84 Å². The molecular weight excluding hydrogens is 205 g/mol. The maximum Gasteiger partial charge on any atom is 0.389 e. The summed E-state index contributed by atoms with van der Waals surface area (Å²) >= 11 is 0. The van der Waals surface area contributed by atoms with E-state index < -0.39 is 12.6 Å². The molecule has 0 aromatic rings. The molecule has 0 radical (unpaired) electrons. The molecule has 0 aromatic carbocycles. The second-order valence-corrected chi connectivity index (χ2v) is 4.34. The molecule has 0 amide bonds. The number of halogens is 3. The minimum absolute atomic E-state index is 0.00903. The highest BCUT2D eigenvalue weighted by molar-refractivity contribution is 4.66. The van der Waals surface area contributed by atoms with Gasteiger partial charge in [-0.1, -0.05) is 13.8 Å². The van der Waals surface area contributed by atoms with Crippen molar-refractivity contribution in [2.24, 2.45) is 11.8 Å². The highest BCUT2D eigenvalue weighted by atomic mass is 19.4. The third-order valence-corrected chi connectivity index (χ3v) is 2.34. The van der Waals surface area contributed by atoms with Crippen LogP contribution in [0.4, 0.5) is 13.2 Å². The van der Waals surface area contributed by atoms with Gasteiger partial charge in [0.25, 0.3) is 0 Å². The van der Waals surface area contributed by atoms with Gasteiger partial charge in [0.15, 0.2) is 0 Å². The van der Waals surface area contributed by atoms with Crippen molar-refractivity contribution in [1.82, 2.24) is 5.43 Å². The molecule has 0 fully saturated rings. The van der Waals surface area contributed by atoms with Crippen molar-refractivity contribution in [2.45, 2.75) is 58.2 Å². The van der Waals surface area contributed by atoms with E-state index in [2.05, 4.69) is 19.3 Å². The van der Waals surface area contributed by atoms with Crippen molar-refractivity contribution in [1.29, 1.82) is 0 Å². The fourth-order valence-corrected chi connectivity index (χ4v) is 1.39. The molecule has 1 atom stereocenters. The van der Waals surface area contributed by atoms with E-state index in [1.165, 1.54) is 0 Å². The zero-order valence-electron chi connectivity index (χ0n) is 9.40. The lowest BCUT2D eigenvalue weighted by Gasteiger charge is -2.17. The third kappa shape index (κ3) is 10.0. The summed E-state index contributed by atoms with van der Waals surface area (Å²) in [6.07, 6.45) is -2.30. The normalized spacial score (nSPS) is 14.6. The van der Waals surface area contributed by atoms with Gasteiger partial charge in [-0.15, -0.1) is 0 Å². The van der Waals surface area contributed by atoms with Gasteiger partial charge >= 0.3 is 6.18 Å². The van der Waals surface area contributed by atoms with Gasteiger partial charge in [0, 0.05) is 12.5 Å². The number of hydrogen-bond donors (Lipinski definition) is 2. The van der Waals surface area contributed by atoms with Crippen LogP contribution in [0, 0.1) is 5.92 Å². The Morgan fingerprint density at radius 2 is 1.73 bits per heavy atom. The van der Waals surface area contributed by atoms with Crippen molar-refractivity contribution in [3.63, 3.8) is 0 Å². The Hall–Kier alpha value is -0.290. The monoisotopic (exact) mass is 226 g/mol. The molecule has 5 heteroatoms. The van der Waals surface area contributed by atoms with E-state index >= 15 is 0 Å². The largest absolute Gasteiger partial charge is 0.389 e. The Bertz CT molecular complexity index is 157. The molecule has 0 saturated carbocycles. The van der Waals surface area contributed by atoms with Crippen molar-refractivity contribution in [2.75, 3.05) is 0 Å². The lowest BCUT2D eigenvalue weighted by atomic mass is 10.00. The van der Waals surface area contributed by atoms with Gasteiger partial charge < -0.3 is 0 Å². The Kier molecular flexibility index (Phi) is 6.92. The second kappa shape index (κ2) is 7.06. The molecule has 3 N–H and O–H groups in total. The van der Waals surface area contributed by atoms with Crippen LogP contribution in [-0.2, 0) is 0 Å². The van der Waals surface area contributed by atoms with Crippen molar-refractivity contribution < 1.29 is 13.2 Å². The summed E-state index contributed by atoms with van der Waals surface area (Å²) in [7, 11) is 0. The van der Waals surface area contributed by atoms with E-state index in [9.17, 15) is 13.2 Å². The average molecular weight is 226 g/mol. The number of nitrogens with one attached hydrogen (secondary N) is 1. The molecule has 0 heterocycles.